The van der Waals surface area contributed by atoms with E-state index in [1.54, 1.807) is 0 Å². The molecular formula is C22H29ClN4O2. The number of carbonyl (C=O) groups excluding carboxylic acids is 2. The highest BCUT2D eigenvalue weighted by Gasteiger charge is 2.33. The zero-order chi connectivity index (χ0) is 20.1. The van der Waals surface area contributed by atoms with Crippen molar-refractivity contribution in [1.82, 2.24) is 10.2 Å². The fourth-order valence-electron chi connectivity index (χ4n) is 3.82. The van der Waals surface area contributed by atoms with E-state index in [0.717, 1.165) is 24.2 Å². The highest BCUT2D eigenvalue weighted by atomic mass is 35.5. The van der Waals surface area contributed by atoms with Gasteiger partial charge in [-0.3, -0.25) is 15.0 Å². The third-order valence-electron chi connectivity index (χ3n) is 5.52. The highest BCUT2D eigenvalue weighted by Crippen LogP contribution is 2.31. The van der Waals surface area contributed by atoms with Gasteiger partial charge in [0.1, 0.15) is 0 Å². The molecule has 6 nitrogen and oxygen atoms in total. The molecule has 2 aromatic carbocycles. The summed E-state index contributed by atoms with van der Waals surface area (Å²) in [6.07, 6.45) is 0. The number of urea groups is 1. The van der Waals surface area contributed by atoms with Crippen LogP contribution in [0.1, 0.15) is 22.6 Å². The van der Waals surface area contributed by atoms with Crippen LogP contribution in [-0.2, 0) is 4.79 Å². The lowest BCUT2D eigenvalue weighted by atomic mass is 9.89. The first-order valence-corrected chi connectivity index (χ1v) is 9.62. The van der Waals surface area contributed by atoms with Crippen LogP contribution in [-0.4, -0.2) is 43.0 Å². The van der Waals surface area contributed by atoms with E-state index in [4.69, 9.17) is 5.73 Å². The van der Waals surface area contributed by atoms with Gasteiger partial charge in [0.15, 0.2) is 0 Å². The molecule has 1 aliphatic rings. The zero-order valence-corrected chi connectivity index (χ0v) is 17.7. The molecule has 3 rings (SSSR count). The molecule has 29 heavy (non-hydrogen) atoms. The number of carbonyl (C=O) groups is 2. The molecule has 0 saturated carbocycles. The Morgan fingerprint density at radius 3 is 2.48 bits per heavy atom. The monoisotopic (exact) mass is 416 g/mol. The molecule has 0 bridgehead atoms. The van der Waals surface area contributed by atoms with Gasteiger partial charge in [0.25, 0.3) is 0 Å². The summed E-state index contributed by atoms with van der Waals surface area (Å²) in [5, 5.41) is 5.18. The van der Waals surface area contributed by atoms with Crippen molar-refractivity contribution in [1.29, 1.82) is 0 Å². The molecule has 0 unspecified atom stereocenters. The van der Waals surface area contributed by atoms with Crippen molar-refractivity contribution < 1.29 is 9.59 Å². The van der Waals surface area contributed by atoms with E-state index in [1.165, 1.54) is 5.56 Å². The Balaban J connectivity index is 0.00000300. The Labute approximate surface area is 178 Å². The minimum atomic E-state index is -0.507. The van der Waals surface area contributed by atoms with Crippen LogP contribution in [0.2, 0.25) is 0 Å². The van der Waals surface area contributed by atoms with Crippen LogP contribution in [0.25, 0.3) is 0 Å². The lowest BCUT2D eigenvalue weighted by Crippen LogP contribution is -2.41. The standard InChI is InChI=1S/C22H28N4O2.ClH/c1-15-7-6-10-20(16(15)2)24-22(28)25-21(27)14-26-12-18(11-23)19(13-26)17-8-4-3-5-9-17;/h3-10,18-19H,11-14,23H2,1-2H3,(H2,24,25,27,28);1H/t18-,19+;/m1./s1. The van der Waals surface area contributed by atoms with Gasteiger partial charge >= 0.3 is 6.03 Å². The molecule has 4 N–H and O–H groups in total. The average molecular weight is 417 g/mol. The molecule has 3 amide bonds. The van der Waals surface area contributed by atoms with Gasteiger partial charge in [0.2, 0.25) is 5.91 Å². The van der Waals surface area contributed by atoms with Gasteiger partial charge < -0.3 is 11.1 Å². The van der Waals surface area contributed by atoms with Crippen molar-refractivity contribution in [3.8, 4) is 0 Å². The topological polar surface area (TPSA) is 87.5 Å². The third-order valence-corrected chi connectivity index (χ3v) is 5.52. The Hall–Kier alpha value is -2.41. The van der Waals surface area contributed by atoms with E-state index in [2.05, 4.69) is 27.7 Å². The first kappa shape index (κ1) is 22.9. The number of nitrogens with one attached hydrogen (secondary N) is 2. The van der Waals surface area contributed by atoms with Crippen LogP contribution < -0.4 is 16.4 Å². The normalized spacial score (nSPS) is 18.7. The predicted octanol–water partition coefficient (Wildman–Crippen LogP) is 3.05. The first-order valence-electron chi connectivity index (χ1n) is 9.62. The number of nitrogens with zero attached hydrogens (tertiary/aromatic N) is 1. The molecule has 0 aliphatic carbocycles. The minimum Gasteiger partial charge on any atom is -0.330 e. The number of aryl methyl sites for hydroxylation is 1. The fraction of sp³-hybridized carbons (Fsp3) is 0.364. The smallest absolute Gasteiger partial charge is 0.325 e. The number of anilines is 1. The zero-order valence-electron chi connectivity index (χ0n) is 16.9. The third kappa shape index (κ3) is 5.79. The summed E-state index contributed by atoms with van der Waals surface area (Å²) in [6, 6.07) is 15.4. The van der Waals surface area contributed by atoms with Gasteiger partial charge in [-0.1, -0.05) is 42.5 Å². The Bertz CT molecular complexity index is 844. The van der Waals surface area contributed by atoms with E-state index in [-0.39, 0.29) is 24.9 Å². The van der Waals surface area contributed by atoms with Crippen molar-refractivity contribution in [2.45, 2.75) is 19.8 Å². The van der Waals surface area contributed by atoms with Crippen LogP contribution in [0.5, 0.6) is 0 Å². The number of amides is 3. The van der Waals surface area contributed by atoms with Crippen LogP contribution in [0.15, 0.2) is 48.5 Å². The van der Waals surface area contributed by atoms with E-state index in [9.17, 15) is 9.59 Å². The largest absolute Gasteiger partial charge is 0.330 e. The number of benzene rings is 2. The van der Waals surface area contributed by atoms with E-state index in [1.807, 2.05) is 50.2 Å². The number of imide groups is 1. The summed E-state index contributed by atoms with van der Waals surface area (Å²) in [6.45, 7) is 6.19. The Morgan fingerprint density at radius 2 is 1.79 bits per heavy atom. The molecule has 156 valence electrons. The van der Waals surface area contributed by atoms with Crippen LogP contribution in [0.4, 0.5) is 10.5 Å². The maximum atomic E-state index is 12.3. The Kier molecular flexibility index (Phi) is 8.20. The minimum absolute atomic E-state index is 0. The molecule has 0 radical (unpaired) electrons. The average Bonchev–Trinajstić information content (AvgIpc) is 3.08. The summed E-state index contributed by atoms with van der Waals surface area (Å²) >= 11 is 0. The molecule has 1 heterocycles. The molecule has 1 saturated heterocycles. The molecule has 2 atom stereocenters. The molecule has 1 fully saturated rings. The van der Waals surface area contributed by atoms with E-state index < -0.39 is 6.03 Å². The SMILES string of the molecule is Cc1cccc(NC(=O)NC(=O)CN2C[C@@H](CN)[C@H](c3ccccc3)C2)c1C.Cl. The number of halogens is 1. The van der Waals surface area contributed by atoms with Gasteiger partial charge in [-0.15, -0.1) is 12.4 Å². The Morgan fingerprint density at radius 1 is 1.07 bits per heavy atom. The van der Waals surface area contributed by atoms with Crippen LogP contribution >= 0.6 is 12.4 Å². The molecule has 1 aliphatic heterocycles. The molecule has 7 heteroatoms. The van der Waals surface area contributed by atoms with E-state index in [0.29, 0.717) is 24.1 Å². The number of hydrogen-bond acceptors (Lipinski definition) is 4. The summed E-state index contributed by atoms with van der Waals surface area (Å²) in [7, 11) is 0. The van der Waals surface area contributed by atoms with Crippen molar-refractivity contribution in [3.63, 3.8) is 0 Å². The van der Waals surface area contributed by atoms with Gasteiger partial charge in [-0.05, 0) is 49.1 Å². The van der Waals surface area contributed by atoms with Crippen LogP contribution in [0, 0.1) is 19.8 Å². The van der Waals surface area contributed by atoms with Crippen LogP contribution in [0.3, 0.4) is 0 Å². The second-order valence-electron chi connectivity index (χ2n) is 7.46. The number of hydrogen-bond donors (Lipinski definition) is 3. The maximum absolute atomic E-state index is 12.3. The number of rotatable bonds is 5. The summed E-state index contributed by atoms with van der Waals surface area (Å²) < 4.78 is 0. The number of likely N-dealkylation sites (tertiary alicyclic amines) is 1. The van der Waals surface area contributed by atoms with Gasteiger partial charge in [0, 0.05) is 24.7 Å². The molecule has 0 spiro atoms. The summed E-state index contributed by atoms with van der Waals surface area (Å²) in [5.74, 6) is 0.300. The quantitative estimate of drug-likeness (QED) is 0.699. The second kappa shape index (κ2) is 10.4. The highest BCUT2D eigenvalue weighted by molar-refractivity contribution is 6.02. The molecule has 0 aromatic heterocycles. The van der Waals surface area contributed by atoms with E-state index >= 15 is 0 Å². The molecular weight excluding hydrogens is 388 g/mol. The number of nitrogens with two attached hydrogens (primary N) is 1. The predicted molar refractivity (Wildman–Crippen MR) is 118 cm³/mol. The second-order valence-corrected chi connectivity index (χ2v) is 7.46. The summed E-state index contributed by atoms with van der Waals surface area (Å²) in [4.78, 5) is 26.6. The first-order chi connectivity index (χ1) is 13.5. The van der Waals surface area contributed by atoms with Gasteiger partial charge in [-0.2, -0.15) is 0 Å². The molecule has 2 aromatic rings. The summed E-state index contributed by atoms with van der Waals surface area (Å²) in [5.41, 5.74) is 9.98. The maximum Gasteiger partial charge on any atom is 0.325 e. The fourth-order valence-corrected chi connectivity index (χ4v) is 3.82. The lowest BCUT2D eigenvalue weighted by molar-refractivity contribution is -0.120. The van der Waals surface area contributed by atoms with Crippen molar-refractivity contribution in [2.24, 2.45) is 11.7 Å². The van der Waals surface area contributed by atoms with Crippen molar-refractivity contribution in [3.05, 3.63) is 65.2 Å². The van der Waals surface area contributed by atoms with Gasteiger partial charge in [-0.25, -0.2) is 4.79 Å². The van der Waals surface area contributed by atoms with Crippen molar-refractivity contribution in [2.75, 3.05) is 31.5 Å². The lowest BCUT2D eigenvalue weighted by Gasteiger charge is -2.16. The van der Waals surface area contributed by atoms with Gasteiger partial charge in [0.05, 0.1) is 6.54 Å². The van der Waals surface area contributed by atoms with Crippen molar-refractivity contribution >= 4 is 30.0 Å².